The Hall–Kier alpha value is -5.80. The van der Waals surface area contributed by atoms with Crippen molar-refractivity contribution in [2.24, 2.45) is 0 Å². The van der Waals surface area contributed by atoms with Crippen molar-refractivity contribution in [2.75, 3.05) is 4.90 Å². The van der Waals surface area contributed by atoms with E-state index in [9.17, 15) is 0 Å². The molecule has 0 fully saturated rings. The Morgan fingerprint density at radius 3 is 1.87 bits per heavy atom. The maximum atomic E-state index is 2.58. The van der Waals surface area contributed by atoms with Crippen LogP contribution < -0.4 is 4.90 Å². The second-order valence-corrected chi connectivity index (χ2v) is 13.3. The van der Waals surface area contributed by atoms with Crippen LogP contribution in [0, 0.1) is 0 Å². The number of fused-ring (bicyclic) bond motifs is 10. The van der Waals surface area contributed by atoms with Gasteiger partial charge in [0.25, 0.3) is 0 Å². The van der Waals surface area contributed by atoms with Crippen LogP contribution >= 0.6 is 0 Å². The highest BCUT2D eigenvalue weighted by atomic mass is 15.3. The van der Waals surface area contributed by atoms with Crippen LogP contribution in [-0.2, 0) is 5.41 Å². The van der Waals surface area contributed by atoms with E-state index in [1.165, 1.54) is 71.9 Å². The van der Waals surface area contributed by atoms with Crippen molar-refractivity contribution in [3.05, 3.63) is 169 Å². The van der Waals surface area contributed by atoms with E-state index < -0.39 is 0 Å². The molecular weight excluding hydrogens is 571 g/mol. The Bertz CT molecular complexity index is 2620. The Morgan fingerprint density at radius 2 is 1.06 bits per heavy atom. The number of nitrogens with zero attached hydrogens (tertiary/aromatic N) is 3. The molecular formula is C44H33N3. The van der Waals surface area contributed by atoms with E-state index >= 15 is 0 Å². The smallest absolute Gasteiger partial charge is 0.0738 e. The zero-order valence-electron chi connectivity index (χ0n) is 26.4. The normalized spacial score (nSPS) is 20.1. The molecule has 3 nitrogen and oxygen atoms in total. The molecule has 0 bridgehead atoms. The van der Waals surface area contributed by atoms with Gasteiger partial charge in [0.1, 0.15) is 0 Å². The average molecular weight is 604 g/mol. The molecule has 0 radical (unpaired) electrons. The summed E-state index contributed by atoms with van der Waals surface area (Å²) in [6.07, 6.45) is 9.19. The number of para-hydroxylation sites is 6. The molecule has 3 heterocycles. The van der Waals surface area contributed by atoms with E-state index in [0.717, 1.165) is 0 Å². The maximum Gasteiger partial charge on any atom is 0.0738 e. The van der Waals surface area contributed by atoms with E-state index in [1.807, 2.05) is 0 Å². The van der Waals surface area contributed by atoms with E-state index in [2.05, 4.69) is 192 Å². The summed E-state index contributed by atoms with van der Waals surface area (Å²) >= 11 is 0. The fourth-order valence-electron chi connectivity index (χ4n) is 8.70. The predicted octanol–water partition coefficient (Wildman–Crippen LogP) is 11.2. The molecule has 0 saturated heterocycles. The number of anilines is 2. The van der Waals surface area contributed by atoms with Gasteiger partial charge >= 0.3 is 0 Å². The third-order valence-electron chi connectivity index (χ3n) is 11.0. The van der Waals surface area contributed by atoms with Crippen molar-refractivity contribution < 1.29 is 0 Å². The third-order valence-corrected chi connectivity index (χ3v) is 11.0. The number of aromatic nitrogens is 2. The van der Waals surface area contributed by atoms with Gasteiger partial charge in [-0.3, -0.25) is 0 Å². The van der Waals surface area contributed by atoms with Crippen LogP contribution in [0.15, 0.2) is 164 Å². The first-order chi connectivity index (χ1) is 23.1. The van der Waals surface area contributed by atoms with Crippen molar-refractivity contribution in [1.29, 1.82) is 0 Å². The second-order valence-electron chi connectivity index (χ2n) is 13.3. The first-order valence-corrected chi connectivity index (χ1v) is 16.5. The molecule has 47 heavy (non-hydrogen) atoms. The molecule has 6 aromatic carbocycles. The number of rotatable bonds is 3. The topological polar surface area (TPSA) is 13.1 Å². The summed E-state index contributed by atoms with van der Waals surface area (Å²) in [6.45, 7) is 4.77. The molecule has 0 saturated carbocycles. The van der Waals surface area contributed by atoms with Gasteiger partial charge in [-0.15, -0.1) is 0 Å². The van der Waals surface area contributed by atoms with Gasteiger partial charge in [0.2, 0.25) is 0 Å². The first kappa shape index (κ1) is 26.4. The van der Waals surface area contributed by atoms with E-state index in [-0.39, 0.29) is 11.0 Å². The van der Waals surface area contributed by atoms with Crippen molar-refractivity contribution >= 4 is 55.0 Å². The lowest BCUT2D eigenvalue weighted by molar-refractivity contribution is 0.408. The van der Waals surface area contributed by atoms with Crippen molar-refractivity contribution in [3.63, 3.8) is 0 Å². The van der Waals surface area contributed by atoms with Crippen LogP contribution in [0.1, 0.15) is 19.4 Å². The summed E-state index contributed by atoms with van der Waals surface area (Å²) in [4.78, 5) is 2.58. The molecule has 2 aromatic heterocycles. The molecule has 1 aliphatic heterocycles. The van der Waals surface area contributed by atoms with Crippen LogP contribution in [0.2, 0.25) is 0 Å². The minimum atomic E-state index is -0.284. The Kier molecular flexibility index (Phi) is 5.27. The standard InChI is InChI=1S/C44H33N3/c1-43-28-14-15-29-44(43,2)47(37-23-11-8-20-34(37)43)39-25-13-12-24-38(39)46-36-22-10-7-19-33(36)41-40(46)27-26-32-31-18-6-9-21-35(31)45(42(32)41)30-16-4-3-5-17-30/h3-29H,1-2H3. The molecule has 2 unspecified atom stereocenters. The monoisotopic (exact) mass is 603 g/mol. The van der Waals surface area contributed by atoms with Crippen LogP contribution in [0.25, 0.3) is 55.0 Å². The van der Waals surface area contributed by atoms with Crippen LogP contribution in [0.3, 0.4) is 0 Å². The van der Waals surface area contributed by atoms with Gasteiger partial charge in [-0.1, -0.05) is 115 Å². The lowest BCUT2D eigenvalue weighted by atomic mass is 9.67. The van der Waals surface area contributed by atoms with Gasteiger partial charge in [-0.25, -0.2) is 0 Å². The zero-order valence-corrected chi connectivity index (χ0v) is 26.4. The van der Waals surface area contributed by atoms with Crippen molar-refractivity contribution in [3.8, 4) is 11.4 Å². The van der Waals surface area contributed by atoms with Gasteiger partial charge < -0.3 is 14.0 Å². The van der Waals surface area contributed by atoms with Crippen LogP contribution in [-0.4, -0.2) is 14.7 Å². The molecule has 224 valence electrons. The molecule has 3 heteroatoms. The lowest BCUT2D eigenvalue weighted by Crippen LogP contribution is -2.51. The quantitative estimate of drug-likeness (QED) is 0.196. The molecule has 10 rings (SSSR count). The molecule has 0 spiro atoms. The van der Waals surface area contributed by atoms with E-state index in [0.29, 0.717) is 0 Å². The fraction of sp³-hybridized carbons (Fsp3) is 0.0909. The second kappa shape index (κ2) is 9.37. The van der Waals surface area contributed by atoms with Gasteiger partial charge in [0.05, 0.1) is 39.0 Å². The van der Waals surface area contributed by atoms with Gasteiger partial charge in [0.15, 0.2) is 0 Å². The number of benzene rings is 6. The summed E-state index contributed by atoms with van der Waals surface area (Å²) < 4.78 is 4.95. The number of allylic oxidation sites excluding steroid dienone is 2. The lowest BCUT2D eigenvalue weighted by Gasteiger charge is -2.45. The number of hydrogen-bond donors (Lipinski definition) is 0. The average Bonchev–Trinajstić information content (AvgIpc) is 3.70. The molecule has 1 aliphatic carbocycles. The van der Waals surface area contributed by atoms with Crippen LogP contribution in [0.4, 0.5) is 11.4 Å². The Morgan fingerprint density at radius 1 is 0.447 bits per heavy atom. The van der Waals surface area contributed by atoms with Crippen LogP contribution in [0.5, 0.6) is 0 Å². The first-order valence-electron chi connectivity index (χ1n) is 16.5. The molecule has 2 atom stereocenters. The van der Waals surface area contributed by atoms with E-state index in [4.69, 9.17) is 0 Å². The number of hydrogen-bond acceptors (Lipinski definition) is 1. The SMILES string of the molecule is CC12C=CC=CC1(C)N(c1ccccc1-n1c3ccccc3c3c1ccc1c4ccccc4n(-c4ccccc4)c13)c1ccccc12. The summed E-state index contributed by atoms with van der Waals surface area (Å²) in [5, 5.41) is 5.06. The largest absolute Gasteiger partial charge is 0.329 e. The summed E-state index contributed by atoms with van der Waals surface area (Å²) in [7, 11) is 0. The molecule has 2 aliphatic rings. The summed E-state index contributed by atoms with van der Waals surface area (Å²) in [5.74, 6) is 0. The maximum absolute atomic E-state index is 2.58. The minimum absolute atomic E-state index is 0.172. The van der Waals surface area contributed by atoms with Crippen molar-refractivity contribution in [2.45, 2.75) is 24.8 Å². The predicted molar refractivity (Wildman–Crippen MR) is 198 cm³/mol. The van der Waals surface area contributed by atoms with E-state index in [1.54, 1.807) is 0 Å². The van der Waals surface area contributed by atoms with Gasteiger partial charge in [-0.2, -0.15) is 0 Å². The Labute approximate surface area is 273 Å². The highest BCUT2D eigenvalue weighted by Crippen LogP contribution is 2.58. The minimum Gasteiger partial charge on any atom is -0.329 e. The van der Waals surface area contributed by atoms with Crippen molar-refractivity contribution in [1.82, 2.24) is 9.13 Å². The zero-order chi connectivity index (χ0) is 31.3. The summed E-state index contributed by atoms with van der Waals surface area (Å²) in [5.41, 5.74) is 10.6. The molecule has 8 aromatic rings. The fourth-order valence-corrected chi connectivity index (χ4v) is 8.70. The Balaban J connectivity index is 1.33. The van der Waals surface area contributed by atoms with Gasteiger partial charge in [-0.05, 0) is 67.9 Å². The molecule has 0 amide bonds. The summed E-state index contributed by atoms with van der Waals surface area (Å²) in [6, 6.07) is 51.1. The highest BCUT2D eigenvalue weighted by molar-refractivity contribution is 6.26. The molecule has 0 N–H and O–H groups in total. The van der Waals surface area contributed by atoms with Gasteiger partial charge in [0, 0.05) is 38.3 Å². The highest BCUT2D eigenvalue weighted by Gasteiger charge is 2.55. The third kappa shape index (κ3) is 3.31.